The Hall–Kier alpha value is -4.27. The van der Waals surface area contributed by atoms with Crippen molar-refractivity contribution in [3.8, 4) is 5.69 Å². The summed E-state index contributed by atoms with van der Waals surface area (Å²) in [4.78, 5) is 64.3. The van der Waals surface area contributed by atoms with Gasteiger partial charge in [0.2, 0.25) is 5.91 Å². The van der Waals surface area contributed by atoms with Crippen LogP contribution in [0.4, 0.5) is 21.6 Å². The highest BCUT2D eigenvalue weighted by Crippen LogP contribution is 2.28. The van der Waals surface area contributed by atoms with E-state index >= 15 is 0 Å². The summed E-state index contributed by atoms with van der Waals surface area (Å²) >= 11 is 1.97. The molecule has 13 heteroatoms. The zero-order valence-electron chi connectivity index (χ0n) is 23.4. The highest BCUT2D eigenvalue weighted by Gasteiger charge is 2.24. The number of aryl methyl sites for hydroxylation is 1. The molecule has 0 unspecified atom stereocenters. The molecule has 220 valence electrons. The first kappa shape index (κ1) is 30.7. The molecular formula is C29H29FIN5O6. The van der Waals surface area contributed by atoms with E-state index in [4.69, 9.17) is 4.74 Å². The fraction of sp³-hybridized carbons (Fsp3) is 0.276. The smallest absolute Gasteiger partial charge is 0.336 e. The van der Waals surface area contributed by atoms with Crippen molar-refractivity contribution < 1.29 is 18.7 Å². The van der Waals surface area contributed by atoms with Crippen LogP contribution in [0.2, 0.25) is 0 Å². The summed E-state index contributed by atoms with van der Waals surface area (Å²) in [5.41, 5.74) is -0.965. The third-order valence-corrected chi connectivity index (χ3v) is 7.26. The van der Waals surface area contributed by atoms with E-state index in [-0.39, 0.29) is 47.0 Å². The van der Waals surface area contributed by atoms with Gasteiger partial charge in [-0.3, -0.25) is 32.9 Å². The number of carbonyl (C=O) groups is 2. The lowest BCUT2D eigenvalue weighted by Gasteiger charge is -2.21. The van der Waals surface area contributed by atoms with Crippen LogP contribution >= 0.6 is 22.6 Å². The number of esters is 1. The summed E-state index contributed by atoms with van der Waals surface area (Å²) in [7, 11) is 1.46. The normalized spacial score (nSPS) is 11.0. The minimum Gasteiger partial charge on any atom is -0.466 e. The number of pyridine rings is 1. The number of nitrogens with one attached hydrogen (secondary N) is 2. The van der Waals surface area contributed by atoms with Gasteiger partial charge >= 0.3 is 11.7 Å². The Morgan fingerprint density at radius 1 is 1.02 bits per heavy atom. The molecule has 0 aliphatic heterocycles. The predicted octanol–water partition coefficient (Wildman–Crippen LogP) is 3.95. The maximum absolute atomic E-state index is 14.9. The average Bonchev–Trinajstić information content (AvgIpc) is 2.92. The minimum absolute atomic E-state index is 0.00272. The number of unbranched alkanes of at least 4 members (excludes halogenated alkanes) is 1. The molecule has 11 nitrogen and oxygen atoms in total. The molecule has 2 aromatic heterocycles. The maximum atomic E-state index is 14.9. The molecule has 4 rings (SSSR count). The van der Waals surface area contributed by atoms with Crippen LogP contribution in [0.3, 0.4) is 0 Å². The number of benzene rings is 2. The Bertz CT molecular complexity index is 1900. The Balaban J connectivity index is 2.04. The fourth-order valence-electron chi connectivity index (χ4n) is 4.66. The van der Waals surface area contributed by atoms with Crippen molar-refractivity contribution >= 4 is 62.6 Å². The second-order valence-electron chi connectivity index (χ2n) is 9.66. The number of rotatable bonds is 9. The topological polar surface area (TPSA) is 133 Å². The van der Waals surface area contributed by atoms with Crippen LogP contribution in [-0.2, 0) is 27.9 Å². The van der Waals surface area contributed by atoms with Gasteiger partial charge in [-0.2, -0.15) is 0 Å². The molecule has 0 atom stereocenters. The number of nitrogens with zero attached hydrogens (tertiary/aromatic N) is 3. The summed E-state index contributed by atoms with van der Waals surface area (Å²) in [6.07, 6.45) is 0.728. The van der Waals surface area contributed by atoms with Gasteiger partial charge in [0.25, 0.3) is 11.1 Å². The van der Waals surface area contributed by atoms with Gasteiger partial charge in [0.05, 0.1) is 23.5 Å². The first-order chi connectivity index (χ1) is 19.9. The molecule has 0 radical (unpaired) electrons. The molecule has 1 amide bonds. The van der Waals surface area contributed by atoms with Gasteiger partial charge in [0.15, 0.2) is 0 Å². The molecule has 0 bridgehead atoms. The first-order valence-corrected chi connectivity index (χ1v) is 14.1. The van der Waals surface area contributed by atoms with Crippen LogP contribution in [0.1, 0.15) is 32.3 Å². The van der Waals surface area contributed by atoms with Crippen LogP contribution in [-0.4, -0.2) is 32.2 Å². The van der Waals surface area contributed by atoms with E-state index in [0.29, 0.717) is 27.8 Å². The van der Waals surface area contributed by atoms with E-state index in [1.165, 1.54) is 49.1 Å². The number of ether oxygens (including phenoxy) is 1. The third kappa shape index (κ3) is 6.30. The van der Waals surface area contributed by atoms with Crippen LogP contribution in [0.15, 0.2) is 56.8 Å². The summed E-state index contributed by atoms with van der Waals surface area (Å²) in [5, 5.41) is 5.58. The number of hydrogen-bond donors (Lipinski definition) is 2. The molecule has 0 saturated carbocycles. The fourth-order valence-corrected chi connectivity index (χ4v) is 5.11. The molecule has 2 N–H and O–H groups in total. The molecule has 42 heavy (non-hydrogen) atoms. The van der Waals surface area contributed by atoms with Crippen molar-refractivity contribution in [3.63, 3.8) is 0 Å². The standard InChI is InChI=1S/C29H29FIN5O6/c1-16-25-24(26(34(4)27(16)39)33-23-11-10-19(31)14-22(23)30)28(40)35(12-5-6-13-42-18(3)38)29(41)36(25)21-9-7-8-20(15-21)32-17(2)37/h7-11,14-15,33H,5-6,12-13H2,1-4H3,(H,32,37). The Labute approximate surface area is 253 Å². The minimum atomic E-state index is -0.706. The average molecular weight is 689 g/mol. The molecule has 0 aliphatic rings. The molecule has 4 aromatic rings. The Morgan fingerprint density at radius 3 is 2.43 bits per heavy atom. The van der Waals surface area contributed by atoms with Crippen molar-refractivity contribution in [1.29, 1.82) is 0 Å². The quantitative estimate of drug-likeness (QED) is 0.155. The number of halogens is 2. The third-order valence-electron chi connectivity index (χ3n) is 6.58. The number of hydrogen-bond acceptors (Lipinski definition) is 7. The summed E-state index contributed by atoms with van der Waals surface area (Å²) in [6.45, 7) is 4.26. The van der Waals surface area contributed by atoms with Gasteiger partial charge in [-0.1, -0.05) is 6.07 Å². The van der Waals surface area contributed by atoms with Crippen LogP contribution in [0.5, 0.6) is 0 Å². The zero-order chi connectivity index (χ0) is 30.7. The summed E-state index contributed by atoms with van der Waals surface area (Å²) in [6, 6.07) is 10.9. The maximum Gasteiger partial charge on any atom is 0.336 e. The van der Waals surface area contributed by atoms with E-state index in [1.807, 2.05) is 22.6 Å². The van der Waals surface area contributed by atoms with Crippen LogP contribution < -0.4 is 27.4 Å². The second-order valence-corrected chi connectivity index (χ2v) is 10.9. The lowest BCUT2D eigenvalue weighted by molar-refractivity contribution is -0.141. The van der Waals surface area contributed by atoms with Gasteiger partial charge in [-0.15, -0.1) is 0 Å². The van der Waals surface area contributed by atoms with Crippen molar-refractivity contribution in [3.05, 3.63) is 88.6 Å². The van der Waals surface area contributed by atoms with Gasteiger partial charge in [-0.05, 0) is 78.8 Å². The number of aromatic nitrogens is 3. The molecular weight excluding hydrogens is 660 g/mol. The van der Waals surface area contributed by atoms with E-state index in [9.17, 15) is 28.4 Å². The predicted molar refractivity (Wildman–Crippen MR) is 166 cm³/mol. The van der Waals surface area contributed by atoms with Crippen molar-refractivity contribution in [2.24, 2.45) is 7.05 Å². The van der Waals surface area contributed by atoms with Crippen molar-refractivity contribution in [1.82, 2.24) is 13.7 Å². The van der Waals surface area contributed by atoms with E-state index in [0.717, 1.165) is 4.57 Å². The van der Waals surface area contributed by atoms with E-state index < -0.39 is 28.6 Å². The molecule has 0 spiro atoms. The summed E-state index contributed by atoms with van der Waals surface area (Å²) in [5.74, 6) is -1.34. The monoisotopic (exact) mass is 689 g/mol. The first-order valence-electron chi connectivity index (χ1n) is 13.0. The SMILES string of the molecule is CC(=O)Nc1cccc(-n2c(=O)n(CCCCOC(C)=O)c(=O)c3c(Nc4ccc(I)cc4F)n(C)c(=O)c(C)c32)c1. The van der Waals surface area contributed by atoms with Gasteiger partial charge in [0.1, 0.15) is 17.0 Å². The molecule has 0 aliphatic carbocycles. The zero-order valence-corrected chi connectivity index (χ0v) is 25.6. The van der Waals surface area contributed by atoms with E-state index in [1.54, 1.807) is 30.3 Å². The van der Waals surface area contributed by atoms with Crippen LogP contribution in [0, 0.1) is 16.3 Å². The van der Waals surface area contributed by atoms with Crippen LogP contribution in [0.25, 0.3) is 16.6 Å². The summed E-state index contributed by atoms with van der Waals surface area (Å²) < 4.78 is 24.0. The molecule has 0 fully saturated rings. The second kappa shape index (κ2) is 12.7. The van der Waals surface area contributed by atoms with Gasteiger partial charge in [0, 0.05) is 42.3 Å². The van der Waals surface area contributed by atoms with Crippen molar-refractivity contribution in [2.75, 3.05) is 17.2 Å². The Morgan fingerprint density at radius 2 is 1.76 bits per heavy atom. The van der Waals surface area contributed by atoms with E-state index in [2.05, 4.69) is 10.6 Å². The largest absolute Gasteiger partial charge is 0.466 e. The Kier molecular flexibility index (Phi) is 9.29. The number of carbonyl (C=O) groups excluding carboxylic acids is 2. The highest BCUT2D eigenvalue weighted by atomic mass is 127. The molecule has 2 aromatic carbocycles. The molecule has 2 heterocycles. The van der Waals surface area contributed by atoms with Gasteiger partial charge in [-0.25, -0.2) is 9.18 Å². The number of fused-ring (bicyclic) bond motifs is 1. The highest BCUT2D eigenvalue weighted by molar-refractivity contribution is 14.1. The van der Waals surface area contributed by atoms with Crippen molar-refractivity contribution in [2.45, 2.75) is 40.2 Å². The number of amides is 1. The molecule has 0 saturated heterocycles. The lowest BCUT2D eigenvalue weighted by atomic mass is 10.1. The lowest BCUT2D eigenvalue weighted by Crippen LogP contribution is -2.41. The van der Waals surface area contributed by atoms with Gasteiger partial charge < -0.3 is 15.4 Å². The number of anilines is 3.